The molecule has 0 fully saturated rings. The minimum atomic E-state index is -0.895. The average molecular weight is 237 g/mol. The lowest BCUT2D eigenvalue weighted by atomic mass is 10.2. The van der Waals surface area contributed by atoms with Crippen molar-refractivity contribution < 1.29 is 14.4 Å². The van der Waals surface area contributed by atoms with E-state index in [1.807, 2.05) is 0 Å². The number of aromatic nitrogens is 2. The van der Waals surface area contributed by atoms with E-state index in [2.05, 4.69) is 5.10 Å². The average Bonchev–Trinajstić information content (AvgIpc) is 2.78. The summed E-state index contributed by atoms with van der Waals surface area (Å²) in [5.41, 5.74) is 0.179. The molecule has 88 valence electrons. The van der Waals surface area contributed by atoms with Crippen molar-refractivity contribution in [3.63, 3.8) is 0 Å². The molecule has 2 rings (SSSR count). The topological polar surface area (TPSA) is 81.2 Å². The Morgan fingerprint density at radius 3 is 2.82 bits per heavy atom. The van der Waals surface area contributed by atoms with Crippen LogP contribution in [0.3, 0.4) is 0 Å². The number of nitro benzene ring substituents is 1. The largest absolute Gasteiger partial charge is 0.390 e. The lowest BCUT2D eigenvalue weighted by Gasteiger charge is -2.01. The van der Waals surface area contributed by atoms with Gasteiger partial charge in [-0.15, -0.1) is 0 Å². The van der Waals surface area contributed by atoms with Gasteiger partial charge in [0.15, 0.2) is 0 Å². The molecule has 0 saturated carbocycles. The second kappa shape index (κ2) is 4.30. The van der Waals surface area contributed by atoms with Gasteiger partial charge in [0, 0.05) is 12.3 Å². The van der Waals surface area contributed by atoms with Gasteiger partial charge in [-0.05, 0) is 18.2 Å². The van der Waals surface area contributed by atoms with E-state index in [0.717, 1.165) is 12.1 Å². The molecule has 0 atom stereocenters. The van der Waals surface area contributed by atoms with Crippen LogP contribution in [0.2, 0.25) is 0 Å². The normalized spacial score (nSPS) is 10.5. The number of benzene rings is 1. The van der Waals surface area contributed by atoms with Crippen molar-refractivity contribution in [1.82, 2.24) is 9.78 Å². The molecule has 0 saturated heterocycles. The van der Waals surface area contributed by atoms with Crippen LogP contribution in [0.5, 0.6) is 0 Å². The van der Waals surface area contributed by atoms with Gasteiger partial charge in [0.1, 0.15) is 0 Å². The number of hydrogen-bond donors (Lipinski definition) is 1. The van der Waals surface area contributed by atoms with Crippen LogP contribution in [0, 0.1) is 15.9 Å². The van der Waals surface area contributed by atoms with E-state index in [1.54, 1.807) is 6.07 Å². The second-order valence-corrected chi connectivity index (χ2v) is 3.30. The Bertz CT molecular complexity index is 568. The van der Waals surface area contributed by atoms with Crippen molar-refractivity contribution >= 4 is 5.69 Å². The fraction of sp³-hybridized carbons (Fsp3) is 0.100. The fourth-order valence-electron chi connectivity index (χ4n) is 1.37. The molecule has 0 radical (unpaired) electrons. The molecule has 0 bridgehead atoms. The van der Waals surface area contributed by atoms with Gasteiger partial charge in [-0.1, -0.05) is 0 Å². The summed E-state index contributed by atoms with van der Waals surface area (Å²) in [5.74, 6) is -0.895. The maximum Gasteiger partial charge on any atom is 0.306 e. The molecule has 1 N–H and O–H groups in total. The molecule has 0 spiro atoms. The Hall–Kier alpha value is -2.28. The molecule has 7 heteroatoms. The molecule has 1 aromatic heterocycles. The van der Waals surface area contributed by atoms with Crippen molar-refractivity contribution in [2.75, 3.05) is 0 Å². The first kappa shape index (κ1) is 11.2. The highest BCUT2D eigenvalue weighted by molar-refractivity contribution is 5.43. The Morgan fingerprint density at radius 1 is 1.47 bits per heavy atom. The second-order valence-electron chi connectivity index (χ2n) is 3.30. The first-order chi connectivity index (χ1) is 8.11. The van der Waals surface area contributed by atoms with Crippen LogP contribution in [-0.2, 0) is 6.61 Å². The maximum absolute atomic E-state index is 13.1. The highest BCUT2D eigenvalue weighted by Gasteiger charge is 2.15. The molecule has 0 aliphatic carbocycles. The van der Waals surface area contributed by atoms with E-state index >= 15 is 0 Å². The third-order valence-corrected chi connectivity index (χ3v) is 2.20. The molecular formula is C10H8FN3O3. The summed E-state index contributed by atoms with van der Waals surface area (Å²) < 4.78 is 14.4. The van der Waals surface area contributed by atoms with E-state index in [1.165, 1.54) is 16.9 Å². The molecule has 0 unspecified atom stereocenters. The van der Waals surface area contributed by atoms with E-state index in [0.29, 0.717) is 11.4 Å². The number of rotatable bonds is 3. The van der Waals surface area contributed by atoms with Gasteiger partial charge in [0.25, 0.3) is 0 Å². The van der Waals surface area contributed by atoms with Gasteiger partial charge < -0.3 is 5.11 Å². The van der Waals surface area contributed by atoms with Crippen molar-refractivity contribution in [3.05, 3.63) is 52.1 Å². The zero-order chi connectivity index (χ0) is 12.4. The van der Waals surface area contributed by atoms with Crippen molar-refractivity contribution in [2.24, 2.45) is 0 Å². The van der Waals surface area contributed by atoms with Crippen LogP contribution >= 0.6 is 0 Å². The summed E-state index contributed by atoms with van der Waals surface area (Å²) in [6.07, 6.45) is 1.53. The molecule has 0 amide bonds. The number of nitro groups is 1. The van der Waals surface area contributed by atoms with E-state index in [4.69, 9.17) is 5.11 Å². The van der Waals surface area contributed by atoms with Crippen LogP contribution in [0.4, 0.5) is 10.1 Å². The Morgan fingerprint density at radius 2 is 2.24 bits per heavy atom. The van der Waals surface area contributed by atoms with Crippen molar-refractivity contribution in [2.45, 2.75) is 6.61 Å². The predicted molar refractivity (Wildman–Crippen MR) is 56.1 cm³/mol. The molecule has 0 aliphatic rings. The SMILES string of the molecule is O=[N+]([O-])c1cc(-n2ccc(CO)n2)ccc1F. The highest BCUT2D eigenvalue weighted by atomic mass is 19.1. The third kappa shape index (κ3) is 2.13. The minimum Gasteiger partial charge on any atom is -0.390 e. The quantitative estimate of drug-likeness (QED) is 0.646. The Balaban J connectivity index is 2.46. The molecular weight excluding hydrogens is 229 g/mol. The highest BCUT2D eigenvalue weighted by Crippen LogP contribution is 2.20. The van der Waals surface area contributed by atoms with Crippen LogP contribution in [-0.4, -0.2) is 19.8 Å². The van der Waals surface area contributed by atoms with Crippen LogP contribution in [0.15, 0.2) is 30.5 Å². The standard InChI is InChI=1S/C10H8FN3O3/c11-9-2-1-8(5-10(9)14(16)17)13-4-3-7(6-15)12-13/h1-5,15H,6H2. The number of aliphatic hydroxyl groups excluding tert-OH is 1. The minimum absolute atomic E-state index is 0.226. The molecule has 2 aromatic rings. The van der Waals surface area contributed by atoms with Gasteiger partial charge in [-0.2, -0.15) is 9.49 Å². The number of aliphatic hydroxyl groups is 1. The van der Waals surface area contributed by atoms with Gasteiger partial charge >= 0.3 is 5.69 Å². The van der Waals surface area contributed by atoms with Crippen LogP contribution in [0.25, 0.3) is 5.69 Å². The lowest BCUT2D eigenvalue weighted by Crippen LogP contribution is -1.99. The lowest BCUT2D eigenvalue weighted by molar-refractivity contribution is -0.387. The monoisotopic (exact) mass is 237 g/mol. The van der Waals surface area contributed by atoms with Gasteiger partial charge in [0.2, 0.25) is 5.82 Å². The predicted octanol–water partition coefficient (Wildman–Crippen LogP) is 1.41. The zero-order valence-corrected chi connectivity index (χ0v) is 8.58. The summed E-state index contributed by atoms with van der Waals surface area (Å²) in [6.45, 7) is -0.226. The Kier molecular flexibility index (Phi) is 2.84. The number of halogens is 1. The van der Waals surface area contributed by atoms with E-state index in [9.17, 15) is 14.5 Å². The summed E-state index contributed by atoms with van der Waals surface area (Å²) in [4.78, 5) is 9.77. The first-order valence-corrected chi connectivity index (χ1v) is 4.71. The molecule has 1 aromatic carbocycles. The van der Waals surface area contributed by atoms with E-state index in [-0.39, 0.29) is 6.61 Å². The maximum atomic E-state index is 13.1. The fourth-order valence-corrected chi connectivity index (χ4v) is 1.37. The van der Waals surface area contributed by atoms with Gasteiger partial charge in [0.05, 0.1) is 22.9 Å². The Labute approximate surface area is 95.1 Å². The number of nitrogens with zero attached hydrogens (tertiary/aromatic N) is 3. The third-order valence-electron chi connectivity index (χ3n) is 2.20. The molecule has 6 nitrogen and oxygen atoms in total. The van der Waals surface area contributed by atoms with E-state index < -0.39 is 16.4 Å². The van der Waals surface area contributed by atoms with Crippen LogP contribution in [0.1, 0.15) is 5.69 Å². The summed E-state index contributed by atoms with van der Waals surface area (Å²) in [6, 6.07) is 5.03. The summed E-state index contributed by atoms with van der Waals surface area (Å²) in [7, 11) is 0. The molecule has 17 heavy (non-hydrogen) atoms. The van der Waals surface area contributed by atoms with Gasteiger partial charge in [-0.25, -0.2) is 4.68 Å². The number of hydrogen-bond acceptors (Lipinski definition) is 4. The van der Waals surface area contributed by atoms with Crippen LogP contribution < -0.4 is 0 Å². The van der Waals surface area contributed by atoms with Crippen molar-refractivity contribution in [1.29, 1.82) is 0 Å². The van der Waals surface area contributed by atoms with Crippen molar-refractivity contribution in [3.8, 4) is 5.69 Å². The molecule has 1 heterocycles. The molecule has 0 aliphatic heterocycles. The summed E-state index contributed by atoms with van der Waals surface area (Å²) in [5, 5.41) is 23.4. The van der Waals surface area contributed by atoms with Gasteiger partial charge in [-0.3, -0.25) is 10.1 Å². The summed E-state index contributed by atoms with van der Waals surface area (Å²) >= 11 is 0. The first-order valence-electron chi connectivity index (χ1n) is 4.71. The zero-order valence-electron chi connectivity index (χ0n) is 8.58. The smallest absolute Gasteiger partial charge is 0.306 e.